The van der Waals surface area contributed by atoms with Crippen molar-refractivity contribution in [3.05, 3.63) is 53.6 Å². The molecule has 6 heteroatoms. The van der Waals surface area contributed by atoms with E-state index in [0.29, 0.717) is 28.3 Å². The maximum Gasteiger partial charge on any atom is 0.255 e. The number of amides is 2. The minimum absolute atomic E-state index is 0.246. The van der Waals surface area contributed by atoms with E-state index >= 15 is 0 Å². The predicted octanol–water partition coefficient (Wildman–Crippen LogP) is 2.32. The van der Waals surface area contributed by atoms with E-state index in [9.17, 15) is 9.59 Å². The molecule has 0 saturated carbocycles. The molecule has 0 fully saturated rings. The van der Waals surface area contributed by atoms with Gasteiger partial charge in [-0.25, -0.2) is 0 Å². The van der Waals surface area contributed by atoms with Crippen LogP contribution in [0.4, 0.5) is 5.69 Å². The van der Waals surface area contributed by atoms with Crippen LogP contribution in [0.2, 0.25) is 0 Å². The molecule has 0 heterocycles. The zero-order chi connectivity index (χ0) is 16.8. The average molecular weight is 314 g/mol. The molecule has 0 aliphatic rings. The summed E-state index contributed by atoms with van der Waals surface area (Å²) in [5.41, 5.74) is 1.28. The highest BCUT2D eigenvalue weighted by Crippen LogP contribution is 2.26. The number of methoxy groups -OCH3 is 2. The second-order valence-electron chi connectivity index (χ2n) is 4.68. The fourth-order valence-corrected chi connectivity index (χ4v) is 2.05. The Hall–Kier alpha value is -3.02. The van der Waals surface area contributed by atoms with E-state index in [-0.39, 0.29) is 11.8 Å². The van der Waals surface area contributed by atoms with Crippen molar-refractivity contribution < 1.29 is 19.1 Å². The SMILES string of the molecule is CNC(=O)c1ccc(OC)c(NC(=O)c2cccc(OC)c2)c1. The molecule has 0 saturated heterocycles. The molecule has 120 valence electrons. The topological polar surface area (TPSA) is 76.7 Å². The monoisotopic (exact) mass is 314 g/mol. The second-order valence-corrected chi connectivity index (χ2v) is 4.68. The van der Waals surface area contributed by atoms with Crippen molar-refractivity contribution in [1.82, 2.24) is 5.32 Å². The molecule has 0 aliphatic heterocycles. The van der Waals surface area contributed by atoms with Crippen molar-refractivity contribution >= 4 is 17.5 Å². The van der Waals surface area contributed by atoms with Gasteiger partial charge in [-0.3, -0.25) is 9.59 Å². The van der Waals surface area contributed by atoms with Gasteiger partial charge in [-0.2, -0.15) is 0 Å². The Bertz CT molecular complexity index is 728. The standard InChI is InChI=1S/C17H18N2O4/c1-18-16(20)12-7-8-15(23-3)14(10-12)19-17(21)11-5-4-6-13(9-11)22-2/h4-10H,1-3H3,(H,18,20)(H,19,21). The molecular weight excluding hydrogens is 296 g/mol. The van der Waals surface area contributed by atoms with E-state index in [2.05, 4.69) is 10.6 Å². The number of hydrogen-bond acceptors (Lipinski definition) is 4. The van der Waals surface area contributed by atoms with E-state index in [1.54, 1.807) is 49.5 Å². The molecular formula is C17H18N2O4. The first-order chi connectivity index (χ1) is 11.1. The Morgan fingerprint density at radius 1 is 0.913 bits per heavy atom. The Labute approximate surface area is 134 Å². The van der Waals surface area contributed by atoms with Crippen molar-refractivity contribution in [2.45, 2.75) is 0 Å². The molecule has 23 heavy (non-hydrogen) atoms. The van der Waals surface area contributed by atoms with Crippen LogP contribution in [0.15, 0.2) is 42.5 Å². The summed E-state index contributed by atoms with van der Waals surface area (Å²) >= 11 is 0. The van der Waals surface area contributed by atoms with Crippen molar-refractivity contribution in [3.63, 3.8) is 0 Å². The summed E-state index contributed by atoms with van der Waals surface area (Å²) < 4.78 is 10.3. The van der Waals surface area contributed by atoms with Gasteiger partial charge in [0.2, 0.25) is 0 Å². The third-order valence-corrected chi connectivity index (χ3v) is 3.27. The summed E-state index contributed by atoms with van der Waals surface area (Å²) in [5.74, 6) is 0.485. The van der Waals surface area contributed by atoms with Crippen LogP contribution in [-0.4, -0.2) is 33.1 Å². The summed E-state index contributed by atoms with van der Waals surface area (Å²) in [6, 6.07) is 11.6. The largest absolute Gasteiger partial charge is 0.497 e. The van der Waals surface area contributed by atoms with Crippen molar-refractivity contribution in [2.24, 2.45) is 0 Å². The minimum atomic E-state index is -0.323. The lowest BCUT2D eigenvalue weighted by molar-refractivity contribution is 0.0961. The Balaban J connectivity index is 2.30. The normalized spacial score (nSPS) is 9.87. The van der Waals surface area contributed by atoms with Crippen molar-refractivity contribution in [3.8, 4) is 11.5 Å². The van der Waals surface area contributed by atoms with E-state index in [0.717, 1.165) is 0 Å². The predicted molar refractivity (Wildman–Crippen MR) is 87.3 cm³/mol. The Morgan fingerprint density at radius 2 is 1.65 bits per heavy atom. The van der Waals surface area contributed by atoms with Gasteiger partial charge in [0.25, 0.3) is 11.8 Å². The minimum Gasteiger partial charge on any atom is -0.497 e. The molecule has 0 radical (unpaired) electrons. The number of benzene rings is 2. The van der Waals surface area contributed by atoms with Crippen LogP contribution >= 0.6 is 0 Å². The van der Waals surface area contributed by atoms with Crippen molar-refractivity contribution in [1.29, 1.82) is 0 Å². The summed E-state index contributed by atoms with van der Waals surface area (Å²) in [6.45, 7) is 0. The first-order valence-corrected chi connectivity index (χ1v) is 6.94. The van der Waals surface area contributed by atoms with Gasteiger partial charge in [0.05, 0.1) is 19.9 Å². The van der Waals surface area contributed by atoms with Gasteiger partial charge in [0.15, 0.2) is 0 Å². The third-order valence-electron chi connectivity index (χ3n) is 3.27. The first-order valence-electron chi connectivity index (χ1n) is 6.94. The maximum absolute atomic E-state index is 12.4. The van der Waals surface area contributed by atoms with Crippen LogP contribution in [0.5, 0.6) is 11.5 Å². The molecule has 2 amide bonds. The van der Waals surface area contributed by atoms with E-state index in [4.69, 9.17) is 9.47 Å². The lowest BCUT2D eigenvalue weighted by Crippen LogP contribution is -2.19. The zero-order valence-electron chi connectivity index (χ0n) is 13.2. The van der Waals surface area contributed by atoms with Crippen LogP contribution in [-0.2, 0) is 0 Å². The van der Waals surface area contributed by atoms with Crippen LogP contribution in [0, 0.1) is 0 Å². The number of rotatable bonds is 5. The number of ether oxygens (including phenoxy) is 2. The van der Waals surface area contributed by atoms with Crippen LogP contribution < -0.4 is 20.1 Å². The molecule has 0 atom stereocenters. The highest BCUT2D eigenvalue weighted by Gasteiger charge is 2.13. The van der Waals surface area contributed by atoms with E-state index < -0.39 is 0 Å². The lowest BCUT2D eigenvalue weighted by Gasteiger charge is -2.12. The third kappa shape index (κ3) is 3.79. The first kappa shape index (κ1) is 16.4. The van der Waals surface area contributed by atoms with Gasteiger partial charge in [-0.05, 0) is 36.4 Å². The molecule has 0 bridgehead atoms. The zero-order valence-corrected chi connectivity index (χ0v) is 13.2. The van der Waals surface area contributed by atoms with Crippen LogP contribution in [0.3, 0.4) is 0 Å². The molecule has 0 spiro atoms. The average Bonchev–Trinajstić information content (AvgIpc) is 2.60. The van der Waals surface area contributed by atoms with E-state index in [1.807, 2.05) is 0 Å². The molecule has 2 aromatic rings. The number of hydrogen-bond donors (Lipinski definition) is 2. The van der Waals surface area contributed by atoms with Gasteiger partial charge < -0.3 is 20.1 Å². The van der Waals surface area contributed by atoms with Gasteiger partial charge >= 0.3 is 0 Å². The molecule has 2 rings (SSSR count). The molecule has 2 N–H and O–H groups in total. The van der Waals surface area contributed by atoms with E-state index in [1.165, 1.54) is 14.2 Å². The van der Waals surface area contributed by atoms with Crippen LogP contribution in [0.25, 0.3) is 0 Å². The van der Waals surface area contributed by atoms with Gasteiger partial charge in [-0.15, -0.1) is 0 Å². The molecule has 0 unspecified atom stereocenters. The lowest BCUT2D eigenvalue weighted by atomic mass is 10.1. The highest BCUT2D eigenvalue weighted by molar-refractivity contribution is 6.06. The van der Waals surface area contributed by atoms with Gasteiger partial charge in [0, 0.05) is 18.2 Å². The van der Waals surface area contributed by atoms with Crippen LogP contribution in [0.1, 0.15) is 20.7 Å². The highest BCUT2D eigenvalue weighted by atomic mass is 16.5. The van der Waals surface area contributed by atoms with Gasteiger partial charge in [0.1, 0.15) is 11.5 Å². The van der Waals surface area contributed by atoms with Gasteiger partial charge in [-0.1, -0.05) is 6.07 Å². The summed E-state index contributed by atoms with van der Waals surface area (Å²) in [7, 11) is 4.57. The fourth-order valence-electron chi connectivity index (χ4n) is 2.05. The number of nitrogens with one attached hydrogen (secondary N) is 2. The molecule has 2 aromatic carbocycles. The maximum atomic E-state index is 12.4. The second kappa shape index (κ2) is 7.31. The summed E-state index contributed by atoms with van der Waals surface area (Å²) in [6.07, 6.45) is 0. The summed E-state index contributed by atoms with van der Waals surface area (Å²) in [4.78, 5) is 24.1. The number of carbonyl (C=O) groups is 2. The Morgan fingerprint density at radius 3 is 2.30 bits per heavy atom. The molecule has 0 aromatic heterocycles. The fraction of sp³-hybridized carbons (Fsp3) is 0.176. The summed E-state index contributed by atoms with van der Waals surface area (Å²) in [5, 5.41) is 5.29. The van der Waals surface area contributed by atoms with Crippen molar-refractivity contribution in [2.75, 3.05) is 26.6 Å². The smallest absolute Gasteiger partial charge is 0.255 e. The molecule has 6 nitrogen and oxygen atoms in total. The number of carbonyl (C=O) groups excluding carboxylic acids is 2. The molecule has 0 aliphatic carbocycles. The quantitative estimate of drug-likeness (QED) is 0.888. The number of anilines is 1. The Kier molecular flexibility index (Phi) is 5.19.